The number of nitrogens with zero attached hydrogens (tertiary/aromatic N) is 1. The summed E-state index contributed by atoms with van der Waals surface area (Å²) in [7, 11) is -3.00. The van der Waals surface area contributed by atoms with Crippen molar-refractivity contribution in [3.8, 4) is 0 Å². The molecular weight excluding hydrogens is 202 g/mol. The summed E-state index contributed by atoms with van der Waals surface area (Å²) in [6.07, 6.45) is 2.78. The highest BCUT2D eigenvalue weighted by molar-refractivity contribution is 7.89. The van der Waals surface area contributed by atoms with Crippen LogP contribution in [0.3, 0.4) is 0 Å². The van der Waals surface area contributed by atoms with E-state index in [0.717, 1.165) is 19.3 Å². The van der Waals surface area contributed by atoms with E-state index in [0.29, 0.717) is 19.7 Å². The normalized spacial score (nSPS) is 31.4. The Morgan fingerprint density at radius 1 is 1.36 bits per heavy atom. The van der Waals surface area contributed by atoms with Crippen LogP contribution in [0.5, 0.6) is 0 Å². The molecule has 0 radical (unpaired) electrons. The van der Waals surface area contributed by atoms with Crippen LogP contribution >= 0.6 is 0 Å². The van der Waals surface area contributed by atoms with Gasteiger partial charge in [-0.05, 0) is 19.8 Å². The van der Waals surface area contributed by atoms with Crippen LogP contribution in [0.2, 0.25) is 0 Å². The summed E-state index contributed by atoms with van der Waals surface area (Å²) in [6.45, 7) is 3.51. The molecule has 1 heterocycles. The Balaban J connectivity index is 2.05. The summed E-state index contributed by atoms with van der Waals surface area (Å²) >= 11 is 0. The van der Waals surface area contributed by atoms with E-state index in [1.54, 1.807) is 4.31 Å². The minimum Gasteiger partial charge on any atom is -0.376 e. The van der Waals surface area contributed by atoms with Crippen LogP contribution in [-0.4, -0.2) is 43.8 Å². The minimum absolute atomic E-state index is 0.0404. The summed E-state index contributed by atoms with van der Waals surface area (Å²) in [6, 6.07) is 0. The molecular formula is C9H17NO3S. The third-order valence-electron chi connectivity index (χ3n) is 3.04. The third-order valence-corrected chi connectivity index (χ3v) is 5.40. The van der Waals surface area contributed by atoms with E-state index in [9.17, 15) is 8.42 Å². The molecule has 2 fully saturated rings. The molecule has 4 nitrogen and oxygen atoms in total. The average molecular weight is 219 g/mol. The first kappa shape index (κ1) is 10.4. The van der Waals surface area contributed by atoms with Crippen molar-refractivity contribution < 1.29 is 13.2 Å². The molecule has 82 valence electrons. The molecule has 0 bridgehead atoms. The van der Waals surface area contributed by atoms with Crippen molar-refractivity contribution in [3.63, 3.8) is 0 Å². The molecule has 0 aromatic heterocycles. The Labute approximate surface area is 85.3 Å². The number of hydrogen-bond acceptors (Lipinski definition) is 3. The molecule has 0 unspecified atom stereocenters. The minimum atomic E-state index is -3.00. The van der Waals surface area contributed by atoms with Gasteiger partial charge in [-0.2, -0.15) is 4.31 Å². The predicted octanol–water partition coefficient (Wildman–Crippen LogP) is 0.589. The van der Waals surface area contributed by atoms with E-state index < -0.39 is 10.0 Å². The number of ether oxygens (including phenoxy) is 1. The van der Waals surface area contributed by atoms with Crippen LogP contribution in [0, 0.1) is 0 Å². The van der Waals surface area contributed by atoms with E-state index in [2.05, 4.69) is 0 Å². The molecule has 0 spiro atoms. The van der Waals surface area contributed by atoms with Gasteiger partial charge in [0.05, 0.1) is 18.0 Å². The van der Waals surface area contributed by atoms with Gasteiger partial charge in [-0.15, -0.1) is 0 Å². The van der Waals surface area contributed by atoms with Gasteiger partial charge in [-0.3, -0.25) is 0 Å². The Kier molecular flexibility index (Phi) is 2.81. The highest BCUT2D eigenvalue weighted by atomic mass is 32.2. The van der Waals surface area contributed by atoms with Gasteiger partial charge in [-0.1, -0.05) is 6.42 Å². The SMILES string of the molecule is C[C@@H]1CN(S(=O)(=O)C2CCC2)CCO1. The molecule has 1 saturated carbocycles. The number of sulfonamides is 1. The van der Waals surface area contributed by atoms with Crippen molar-refractivity contribution in [1.82, 2.24) is 4.31 Å². The fourth-order valence-corrected chi connectivity index (χ4v) is 3.99. The van der Waals surface area contributed by atoms with Crippen molar-refractivity contribution in [2.45, 2.75) is 37.5 Å². The third kappa shape index (κ3) is 1.81. The van der Waals surface area contributed by atoms with Crippen LogP contribution in [0.1, 0.15) is 26.2 Å². The van der Waals surface area contributed by atoms with Crippen LogP contribution in [0.4, 0.5) is 0 Å². The standard InChI is InChI=1S/C9H17NO3S/c1-8-7-10(5-6-13-8)14(11,12)9-3-2-4-9/h8-9H,2-7H2,1H3/t8-/m1/s1. The molecule has 2 aliphatic rings. The van der Waals surface area contributed by atoms with Crippen LogP contribution in [0.25, 0.3) is 0 Å². The maximum atomic E-state index is 12.0. The van der Waals surface area contributed by atoms with Crippen LogP contribution < -0.4 is 0 Å². The molecule has 1 atom stereocenters. The fraction of sp³-hybridized carbons (Fsp3) is 1.00. The molecule has 0 aromatic carbocycles. The topological polar surface area (TPSA) is 46.6 Å². The monoisotopic (exact) mass is 219 g/mol. The van der Waals surface area contributed by atoms with Gasteiger partial charge in [-0.25, -0.2) is 8.42 Å². The Bertz CT molecular complexity index is 297. The van der Waals surface area contributed by atoms with Crippen LogP contribution in [0.15, 0.2) is 0 Å². The summed E-state index contributed by atoms with van der Waals surface area (Å²) in [4.78, 5) is 0. The number of rotatable bonds is 2. The van der Waals surface area contributed by atoms with Gasteiger partial charge in [0.1, 0.15) is 0 Å². The molecule has 1 aliphatic carbocycles. The Morgan fingerprint density at radius 3 is 2.57 bits per heavy atom. The second-order valence-electron chi connectivity index (χ2n) is 4.14. The maximum Gasteiger partial charge on any atom is 0.217 e. The van der Waals surface area contributed by atoms with Gasteiger partial charge in [0.15, 0.2) is 0 Å². The first-order valence-corrected chi connectivity index (χ1v) is 6.71. The van der Waals surface area contributed by atoms with Crippen molar-refractivity contribution in [2.24, 2.45) is 0 Å². The van der Waals surface area contributed by atoms with Gasteiger partial charge in [0, 0.05) is 13.1 Å². The number of morpholine rings is 1. The van der Waals surface area contributed by atoms with Gasteiger partial charge >= 0.3 is 0 Å². The van der Waals surface area contributed by atoms with Crippen LogP contribution in [-0.2, 0) is 14.8 Å². The maximum absolute atomic E-state index is 12.0. The second kappa shape index (κ2) is 3.79. The fourth-order valence-electron chi connectivity index (χ4n) is 1.90. The molecule has 2 rings (SSSR count). The molecule has 0 amide bonds. The highest BCUT2D eigenvalue weighted by Gasteiger charge is 2.37. The van der Waals surface area contributed by atoms with Gasteiger partial charge < -0.3 is 4.74 Å². The Hall–Kier alpha value is -0.130. The van der Waals surface area contributed by atoms with Crippen molar-refractivity contribution in [1.29, 1.82) is 0 Å². The first-order chi connectivity index (χ1) is 6.60. The summed E-state index contributed by atoms with van der Waals surface area (Å²) in [5, 5.41) is -0.104. The molecule has 5 heteroatoms. The van der Waals surface area contributed by atoms with Crippen molar-refractivity contribution in [2.75, 3.05) is 19.7 Å². The summed E-state index contributed by atoms with van der Waals surface area (Å²) in [5.74, 6) is 0. The Morgan fingerprint density at radius 2 is 2.07 bits per heavy atom. The van der Waals surface area contributed by atoms with E-state index in [-0.39, 0.29) is 11.4 Å². The second-order valence-corrected chi connectivity index (χ2v) is 6.35. The van der Waals surface area contributed by atoms with Crippen molar-refractivity contribution >= 4 is 10.0 Å². The zero-order valence-electron chi connectivity index (χ0n) is 8.48. The lowest BCUT2D eigenvalue weighted by Gasteiger charge is -2.36. The highest BCUT2D eigenvalue weighted by Crippen LogP contribution is 2.29. The van der Waals surface area contributed by atoms with Crippen molar-refractivity contribution in [3.05, 3.63) is 0 Å². The molecule has 1 aliphatic heterocycles. The first-order valence-electron chi connectivity index (χ1n) is 5.21. The van der Waals surface area contributed by atoms with Gasteiger partial charge in [0.2, 0.25) is 10.0 Å². The summed E-state index contributed by atoms with van der Waals surface area (Å²) < 4.78 is 30.9. The largest absolute Gasteiger partial charge is 0.376 e. The van der Waals surface area contributed by atoms with E-state index in [4.69, 9.17) is 4.74 Å². The van der Waals surface area contributed by atoms with Gasteiger partial charge in [0.25, 0.3) is 0 Å². The molecule has 1 saturated heterocycles. The lowest BCUT2D eigenvalue weighted by atomic mass is 10.0. The number of hydrogen-bond donors (Lipinski definition) is 0. The van der Waals surface area contributed by atoms with E-state index in [1.165, 1.54) is 0 Å². The molecule has 0 N–H and O–H groups in total. The molecule has 14 heavy (non-hydrogen) atoms. The zero-order chi connectivity index (χ0) is 10.2. The molecule has 0 aromatic rings. The van der Waals surface area contributed by atoms with E-state index in [1.807, 2.05) is 6.92 Å². The summed E-state index contributed by atoms with van der Waals surface area (Å²) in [5.41, 5.74) is 0. The predicted molar refractivity (Wildman–Crippen MR) is 53.5 cm³/mol. The lowest BCUT2D eigenvalue weighted by molar-refractivity contribution is 0.00959. The van der Waals surface area contributed by atoms with E-state index >= 15 is 0 Å². The average Bonchev–Trinajstić information content (AvgIpc) is 2.00. The quantitative estimate of drug-likeness (QED) is 0.683. The lowest BCUT2D eigenvalue weighted by Crippen LogP contribution is -2.49. The zero-order valence-corrected chi connectivity index (χ0v) is 9.29. The smallest absolute Gasteiger partial charge is 0.217 e.